The van der Waals surface area contributed by atoms with Crippen molar-refractivity contribution < 1.29 is 17.8 Å². The Balaban J connectivity index is 3.00. The van der Waals surface area contributed by atoms with E-state index in [2.05, 4.69) is 5.32 Å². The fraction of sp³-hybridized carbons (Fsp3) is 0.800. The summed E-state index contributed by atoms with van der Waals surface area (Å²) in [5.41, 5.74) is 0. The summed E-state index contributed by atoms with van der Waals surface area (Å²) in [6.45, 7) is 3.20. The van der Waals surface area contributed by atoms with Crippen LogP contribution in [0.15, 0.2) is 0 Å². The van der Waals surface area contributed by atoms with E-state index in [4.69, 9.17) is 4.55 Å². The van der Waals surface area contributed by atoms with Crippen molar-refractivity contribution in [1.29, 1.82) is 0 Å². The summed E-state index contributed by atoms with van der Waals surface area (Å²) >= 11 is 0. The predicted molar refractivity (Wildman–Crippen MR) is 40.8 cm³/mol. The topological polar surface area (TPSA) is 86.7 Å². The number of hydrogen-bond acceptors (Lipinski definition) is 3. The van der Waals surface area contributed by atoms with Crippen LogP contribution in [0.2, 0.25) is 0 Å². The van der Waals surface area contributed by atoms with E-state index in [-0.39, 0.29) is 6.04 Å². The van der Waals surface area contributed by atoms with Gasteiger partial charge in [-0.1, -0.05) is 0 Å². The number of urea groups is 1. The molecule has 1 rings (SSSR count). The summed E-state index contributed by atoms with van der Waals surface area (Å²) in [4.78, 5) is 10.9. The fourth-order valence-electron chi connectivity index (χ4n) is 1.08. The molecular weight excluding hydrogens is 184 g/mol. The molecule has 7 heteroatoms. The summed E-state index contributed by atoms with van der Waals surface area (Å²) < 4.78 is 30.3. The molecule has 1 saturated heterocycles. The maximum atomic E-state index is 10.9. The lowest BCUT2D eigenvalue weighted by Crippen LogP contribution is -2.38. The van der Waals surface area contributed by atoms with E-state index >= 15 is 0 Å². The Bertz CT molecular complexity index is 299. The van der Waals surface area contributed by atoms with Gasteiger partial charge in [0.2, 0.25) is 0 Å². The molecule has 0 aromatic rings. The molecule has 1 heterocycles. The van der Waals surface area contributed by atoms with Crippen molar-refractivity contribution in [2.45, 2.75) is 25.9 Å². The third-order valence-corrected chi connectivity index (χ3v) is 2.89. The zero-order chi connectivity index (χ0) is 9.52. The Morgan fingerprint density at radius 3 is 2.17 bits per heavy atom. The molecule has 12 heavy (non-hydrogen) atoms. The van der Waals surface area contributed by atoms with Gasteiger partial charge in [-0.3, -0.25) is 4.55 Å². The minimum absolute atomic E-state index is 0.278. The highest BCUT2D eigenvalue weighted by atomic mass is 32.2. The molecule has 1 fully saturated rings. The second kappa shape index (κ2) is 2.60. The lowest BCUT2D eigenvalue weighted by molar-refractivity contribution is 0.228. The highest BCUT2D eigenvalue weighted by Crippen LogP contribution is 2.15. The van der Waals surface area contributed by atoms with E-state index in [0.29, 0.717) is 4.31 Å². The first-order valence-corrected chi connectivity index (χ1v) is 4.81. The highest BCUT2D eigenvalue weighted by molar-refractivity contribution is 7.84. The van der Waals surface area contributed by atoms with Crippen molar-refractivity contribution in [3.8, 4) is 0 Å². The molecule has 0 saturated carbocycles. The van der Waals surface area contributed by atoms with Gasteiger partial charge in [-0.05, 0) is 13.8 Å². The van der Waals surface area contributed by atoms with Gasteiger partial charge in [0.1, 0.15) is 0 Å². The monoisotopic (exact) mass is 194 g/mol. The van der Waals surface area contributed by atoms with Crippen LogP contribution in [0.5, 0.6) is 0 Å². The first kappa shape index (κ1) is 9.27. The lowest BCUT2D eigenvalue weighted by atomic mass is 10.2. The van der Waals surface area contributed by atoms with Crippen molar-refractivity contribution in [1.82, 2.24) is 9.62 Å². The van der Waals surface area contributed by atoms with E-state index in [1.165, 1.54) is 6.92 Å². The third kappa shape index (κ3) is 1.37. The molecule has 0 bridgehead atoms. The second-order valence-electron chi connectivity index (χ2n) is 2.75. The quantitative estimate of drug-likeness (QED) is 0.555. The molecule has 1 aliphatic rings. The predicted octanol–water partition coefficient (Wildman–Crippen LogP) is -0.409. The third-order valence-electron chi connectivity index (χ3n) is 1.89. The van der Waals surface area contributed by atoms with Crippen molar-refractivity contribution in [2.24, 2.45) is 0 Å². The number of nitrogens with zero attached hydrogens (tertiary/aromatic N) is 1. The fourth-order valence-corrected chi connectivity index (χ4v) is 1.95. The molecule has 0 aliphatic carbocycles. The highest BCUT2D eigenvalue weighted by Gasteiger charge is 2.40. The Kier molecular flexibility index (Phi) is 2.01. The zero-order valence-electron chi connectivity index (χ0n) is 6.68. The Labute approximate surface area is 70.4 Å². The number of carbonyl (C=O) groups excluding carboxylic acids is 1. The minimum Gasteiger partial charge on any atom is -0.333 e. The second-order valence-corrected chi connectivity index (χ2v) is 4.04. The Hall–Kier alpha value is -0.820. The number of nitrogens with one attached hydrogen (secondary N) is 1. The van der Waals surface area contributed by atoms with Crippen molar-refractivity contribution >= 4 is 16.3 Å². The van der Waals surface area contributed by atoms with Crippen LogP contribution in [0.25, 0.3) is 0 Å². The molecule has 2 N–H and O–H groups in total. The Morgan fingerprint density at radius 1 is 1.50 bits per heavy atom. The van der Waals surface area contributed by atoms with Crippen LogP contribution < -0.4 is 5.32 Å². The largest absolute Gasteiger partial charge is 0.363 e. The number of amides is 2. The summed E-state index contributed by atoms with van der Waals surface area (Å²) in [7, 11) is -4.41. The molecule has 2 amide bonds. The molecule has 2 unspecified atom stereocenters. The standard InChI is InChI=1S/C5H10N2O4S/c1-3-4(2)7(5(8)6-3)12(9,10)11/h3-4H,1-2H3,(H,6,8)(H,9,10,11). The molecule has 2 atom stereocenters. The van der Waals surface area contributed by atoms with Crippen LogP contribution in [0.3, 0.4) is 0 Å². The maximum Gasteiger partial charge on any atom is 0.363 e. The molecule has 0 spiro atoms. The number of rotatable bonds is 1. The minimum atomic E-state index is -4.41. The average molecular weight is 194 g/mol. The van der Waals surface area contributed by atoms with E-state index < -0.39 is 22.4 Å². The van der Waals surface area contributed by atoms with Crippen LogP contribution in [0.4, 0.5) is 4.79 Å². The number of hydrogen-bond donors (Lipinski definition) is 2. The molecule has 70 valence electrons. The normalized spacial score (nSPS) is 30.6. The van der Waals surface area contributed by atoms with Gasteiger partial charge in [0.05, 0.1) is 6.04 Å². The van der Waals surface area contributed by atoms with Gasteiger partial charge < -0.3 is 5.32 Å². The van der Waals surface area contributed by atoms with Gasteiger partial charge in [-0.15, -0.1) is 0 Å². The lowest BCUT2D eigenvalue weighted by Gasteiger charge is -2.16. The molecule has 1 aliphatic heterocycles. The molecular formula is C5H10N2O4S. The van der Waals surface area contributed by atoms with Gasteiger partial charge in [-0.25, -0.2) is 4.79 Å². The van der Waals surface area contributed by atoms with E-state index in [1.807, 2.05) is 0 Å². The SMILES string of the molecule is CC1NC(=O)N(S(=O)(=O)O)C1C. The van der Waals surface area contributed by atoms with Crippen molar-refractivity contribution in [3.63, 3.8) is 0 Å². The van der Waals surface area contributed by atoms with Crippen molar-refractivity contribution in [2.75, 3.05) is 0 Å². The van der Waals surface area contributed by atoms with E-state index in [9.17, 15) is 13.2 Å². The first-order chi connectivity index (χ1) is 5.34. The van der Waals surface area contributed by atoms with Gasteiger partial charge in [-0.2, -0.15) is 12.7 Å². The zero-order valence-corrected chi connectivity index (χ0v) is 7.50. The van der Waals surface area contributed by atoms with Crippen molar-refractivity contribution in [3.05, 3.63) is 0 Å². The number of carbonyl (C=O) groups is 1. The average Bonchev–Trinajstić information content (AvgIpc) is 2.05. The van der Waals surface area contributed by atoms with Gasteiger partial charge in [0.25, 0.3) is 0 Å². The van der Waals surface area contributed by atoms with Gasteiger partial charge in [0.15, 0.2) is 0 Å². The summed E-state index contributed by atoms with van der Waals surface area (Å²) in [5.74, 6) is 0. The summed E-state index contributed by atoms with van der Waals surface area (Å²) in [6, 6.07) is -1.61. The van der Waals surface area contributed by atoms with Gasteiger partial charge in [0, 0.05) is 6.04 Å². The summed E-state index contributed by atoms with van der Waals surface area (Å²) in [6.07, 6.45) is 0. The van der Waals surface area contributed by atoms with Crippen LogP contribution in [0, 0.1) is 0 Å². The van der Waals surface area contributed by atoms with E-state index in [0.717, 1.165) is 0 Å². The first-order valence-electron chi connectivity index (χ1n) is 3.41. The maximum absolute atomic E-state index is 10.9. The van der Waals surface area contributed by atoms with E-state index in [1.54, 1.807) is 6.92 Å². The van der Waals surface area contributed by atoms with Crippen LogP contribution in [0.1, 0.15) is 13.8 Å². The Morgan fingerprint density at radius 2 is 2.00 bits per heavy atom. The van der Waals surface area contributed by atoms with Crippen LogP contribution in [-0.2, 0) is 10.3 Å². The smallest absolute Gasteiger partial charge is 0.333 e. The molecule has 0 aromatic heterocycles. The van der Waals surface area contributed by atoms with Crippen LogP contribution >= 0.6 is 0 Å². The molecule has 6 nitrogen and oxygen atoms in total. The molecule has 0 radical (unpaired) electrons. The molecule has 0 aromatic carbocycles. The van der Waals surface area contributed by atoms with Crippen LogP contribution in [-0.4, -0.2) is 35.4 Å². The summed E-state index contributed by atoms with van der Waals surface area (Å²) in [5, 5.41) is 2.37. The van der Waals surface area contributed by atoms with Gasteiger partial charge >= 0.3 is 16.3 Å².